The van der Waals surface area contributed by atoms with Crippen LogP contribution in [0.1, 0.15) is 13.8 Å². The van der Waals surface area contributed by atoms with Crippen molar-refractivity contribution in [3.63, 3.8) is 0 Å². The Balaban J connectivity index is 2.17. The Labute approximate surface area is 104 Å². The maximum atomic E-state index is 13.7. The van der Waals surface area contributed by atoms with Crippen molar-refractivity contribution in [1.29, 1.82) is 0 Å². The van der Waals surface area contributed by atoms with Gasteiger partial charge in [0, 0.05) is 24.9 Å². The van der Waals surface area contributed by atoms with Crippen molar-refractivity contribution in [2.24, 2.45) is 11.8 Å². The molecule has 0 radical (unpaired) electrons. The van der Waals surface area contributed by atoms with Crippen molar-refractivity contribution < 1.29 is 8.78 Å². The number of alkyl halides is 2. The molecule has 1 aliphatic heterocycles. The monoisotopic (exact) mass is 261 g/mol. The molecular formula is C11H14ClF2N3. The third kappa shape index (κ3) is 2.34. The van der Waals surface area contributed by atoms with Gasteiger partial charge in [-0.05, 0) is 0 Å². The van der Waals surface area contributed by atoms with Crippen molar-refractivity contribution in [1.82, 2.24) is 9.97 Å². The van der Waals surface area contributed by atoms with Gasteiger partial charge in [-0.3, -0.25) is 0 Å². The summed E-state index contributed by atoms with van der Waals surface area (Å²) in [5, 5.41) is 0.442. The van der Waals surface area contributed by atoms with E-state index in [2.05, 4.69) is 9.97 Å². The zero-order valence-corrected chi connectivity index (χ0v) is 10.5. The highest BCUT2D eigenvalue weighted by Crippen LogP contribution is 2.38. The predicted molar refractivity (Wildman–Crippen MR) is 62.5 cm³/mol. The molecule has 17 heavy (non-hydrogen) atoms. The van der Waals surface area contributed by atoms with Gasteiger partial charge < -0.3 is 4.90 Å². The van der Waals surface area contributed by atoms with Crippen LogP contribution in [0, 0.1) is 11.8 Å². The highest BCUT2D eigenvalue weighted by atomic mass is 35.5. The molecule has 0 aliphatic carbocycles. The molecule has 6 heteroatoms. The van der Waals surface area contributed by atoms with E-state index in [0.717, 1.165) is 0 Å². The number of rotatable bonds is 1. The summed E-state index contributed by atoms with van der Waals surface area (Å²) in [6.07, 6.45) is 2.96. The van der Waals surface area contributed by atoms with E-state index in [1.165, 1.54) is 12.4 Å². The van der Waals surface area contributed by atoms with Crippen molar-refractivity contribution >= 4 is 17.5 Å². The molecule has 1 aliphatic rings. The third-order valence-electron chi connectivity index (χ3n) is 3.19. The van der Waals surface area contributed by atoms with Crippen molar-refractivity contribution in [3.05, 3.63) is 17.4 Å². The first-order chi connectivity index (χ1) is 7.91. The van der Waals surface area contributed by atoms with Gasteiger partial charge in [-0.1, -0.05) is 25.4 Å². The molecule has 1 aromatic rings. The second-order valence-electron chi connectivity index (χ2n) is 4.58. The van der Waals surface area contributed by atoms with Gasteiger partial charge in [0.15, 0.2) is 0 Å². The fraction of sp³-hybridized carbons (Fsp3) is 0.636. The van der Waals surface area contributed by atoms with E-state index in [4.69, 9.17) is 11.6 Å². The van der Waals surface area contributed by atoms with Crippen LogP contribution in [0.15, 0.2) is 12.4 Å². The minimum Gasteiger partial charge on any atom is -0.340 e. The Hall–Kier alpha value is -0.970. The van der Waals surface area contributed by atoms with E-state index in [-0.39, 0.29) is 13.1 Å². The van der Waals surface area contributed by atoms with Crippen molar-refractivity contribution in [2.75, 3.05) is 18.0 Å². The molecular weight excluding hydrogens is 248 g/mol. The third-order valence-corrected chi connectivity index (χ3v) is 3.39. The lowest BCUT2D eigenvalue weighted by atomic mass is 9.87. The van der Waals surface area contributed by atoms with Crippen LogP contribution < -0.4 is 4.90 Å². The molecule has 0 bridgehead atoms. The molecule has 0 aromatic carbocycles. The molecule has 1 fully saturated rings. The fourth-order valence-electron chi connectivity index (χ4n) is 2.10. The summed E-state index contributed by atoms with van der Waals surface area (Å²) in [6.45, 7) is 3.63. The summed E-state index contributed by atoms with van der Waals surface area (Å²) in [7, 11) is 0. The van der Waals surface area contributed by atoms with Gasteiger partial charge in [-0.2, -0.15) is 0 Å². The fourth-order valence-corrected chi connectivity index (χ4v) is 2.19. The maximum Gasteiger partial charge on any atom is 0.256 e. The lowest BCUT2D eigenvalue weighted by Gasteiger charge is -2.41. The van der Waals surface area contributed by atoms with Gasteiger partial charge >= 0.3 is 0 Å². The first-order valence-corrected chi connectivity index (χ1v) is 5.89. The average Bonchev–Trinajstić information content (AvgIpc) is 2.27. The van der Waals surface area contributed by atoms with E-state index in [1.807, 2.05) is 0 Å². The number of nitrogens with zero attached hydrogens (tertiary/aromatic N) is 3. The van der Waals surface area contributed by atoms with Crippen LogP contribution in [0.5, 0.6) is 0 Å². The van der Waals surface area contributed by atoms with Crippen LogP contribution in [-0.4, -0.2) is 29.0 Å². The van der Waals surface area contributed by atoms with Crippen LogP contribution in [0.2, 0.25) is 5.02 Å². The smallest absolute Gasteiger partial charge is 0.256 e. The topological polar surface area (TPSA) is 29.0 Å². The number of halogens is 3. The quantitative estimate of drug-likeness (QED) is 0.778. The lowest BCUT2D eigenvalue weighted by Crippen LogP contribution is -2.52. The summed E-state index contributed by atoms with van der Waals surface area (Å²) >= 11 is 5.69. The van der Waals surface area contributed by atoms with Crippen LogP contribution in [0.25, 0.3) is 0 Å². The van der Waals surface area contributed by atoms with Gasteiger partial charge in [0.1, 0.15) is 0 Å². The number of piperidine rings is 1. The van der Waals surface area contributed by atoms with Gasteiger partial charge in [0.2, 0.25) is 5.95 Å². The van der Waals surface area contributed by atoms with Crippen molar-refractivity contribution in [2.45, 2.75) is 19.8 Å². The first kappa shape index (κ1) is 12.5. The van der Waals surface area contributed by atoms with Crippen LogP contribution >= 0.6 is 11.6 Å². The molecule has 1 saturated heterocycles. The second-order valence-corrected chi connectivity index (χ2v) is 5.02. The molecule has 2 heterocycles. The van der Waals surface area contributed by atoms with Gasteiger partial charge in [0.05, 0.1) is 17.4 Å². The zero-order chi connectivity index (χ0) is 12.6. The summed E-state index contributed by atoms with van der Waals surface area (Å²) < 4.78 is 27.3. The summed E-state index contributed by atoms with van der Waals surface area (Å²) in [5.41, 5.74) is 0. The van der Waals surface area contributed by atoms with E-state index < -0.39 is 17.8 Å². The van der Waals surface area contributed by atoms with E-state index in [9.17, 15) is 8.78 Å². The van der Waals surface area contributed by atoms with Gasteiger partial charge in [-0.25, -0.2) is 18.7 Å². The maximum absolute atomic E-state index is 13.7. The number of aromatic nitrogens is 2. The Morgan fingerprint density at radius 1 is 1.24 bits per heavy atom. The largest absolute Gasteiger partial charge is 0.340 e. The molecule has 3 nitrogen and oxygen atoms in total. The highest BCUT2D eigenvalue weighted by Gasteiger charge is 2.47. The Morgan fingerprint density at radius 3 is 2.18 bits per heavy atom. The standard InChI is InChI=1S/C11H14ClF2N3/c1-7-5-17(6-8(2)11(7,13)14)10-15-3-9(12)4-16-10/h3-4,7-8H,5-6H2,1-2H3/t7-,8+. The number of anilines is 1. The van der Waals surface area contributed by atoms with Crippen LogP contribution in [0.4, 0.5) is 14.7 Å². The Bertz CT molecular complexity index is 382. The molecule has 0 spiro atoms. The van der Waals surface area contributed by atoms with Crippen molar-refractivity contribution in [3.8, 4) is 0 Å². The van der Waals surface area contributed by atoms with E-state index in [1.54, 1.807) is 18.7 Å². The Morgan fingerprint density at radius 2 is 1.71 bits per heavy atom. The van der Waals surface area contributed by atoms with E-state index >= 15 is 0 Å². The van der Waals surface area contributed by atoms with Gasteiger partial charge in [0.25, 0.3) is 5.92 Å². The summed E-state index contributed by atoms with van der Waals surface area (Å²) in [5.74, 6) is -3.57. The lowest BCUT2D eigenvalue weighted by molar-refractivity contribution is -0.105. The molecule has 0 amide bonds. The predicted octanol–water partition coefficient (Wildman–Crippen LogP) is 2.86. The van der Waals surface area contributed by atoms with Gasteiger partial charge in [-0.15, -0.1) is 0 Å². The molecule has 2 atom stereocenters. The normalized spacial score (nSPS) is 28.2. The highest BCUT2D eigenvalue weighted by molar-refractivity contribution is 6.30. The minimum absolute atomic E-state index is 0.263. The zero-order valence-electron chi connectivity index (χ0n) is 9.70. The van der Waals surface area contributed by atoms with E-state index in [0.29, 0.717) is 11.0 Å². The molecule has 0 unspecified atom stereocenters. The minimum atomic E-state index is -2.62. The molecule has 1 aromatic heterocycles. The first-order valence-electron chi connectivity index (χ1n) is 5.51. The number of hydrogen-bond acceptors (Lipinski definition) is 3. The Kier molecular flexibility index (Phi) is 3.21. The summed E-state index contributed by atoms with van der Waals surface area (Å²) in [4.78, 5) is 9.89. The molecule has 2 rings (SSSR count). The SMILES string of the molecule is C[C@@H]1CN(c2ncc(Cl)cn2)C[C@H](C)C1(F)F. The van der Waals surface area contributed by atoms with Crippen LogP contribution in [-0.2, 0) is 0 Å². The average molecular weight is 262 g/mol. The summed E-state index contributed by atoms with van der Waals surface area (Å²) in [6, 6.07) is 0. The molecule has 94 valence electrons. The molecule has 0 saturated carbocycles. The second kappa shape index (κ2) is 4.37. The number of hydrogen-bond donors (Lipinski definition) is 0. The van der Waals surface area contributed by atoms with Crippen LogP contribution in [0.3, 0.4) is 0 Å². The molecule has 0 N–H and O–H groups in total.